The molecule has 0 aromatic heterocycles. The molecule has 0 aromatic rings. The van der Waals surface area contributed by atoms with Gasteiger partial charge in [0.05, 0.1) is 18.2 Å². The highest BCUT2D eigenvalue weighted by atomic mass is 32.2. The van der Waals surface area contributed by atoms with Crippen LogP contribution in [0.3, 0.4) is 0 Å². The molecule has 0 saturated heterocycles. The van der Waals surface area contributed by atoms with Gasteiger partial charge in [0.2, 0.25) is 15.9 Å². The Morgan fingerprint density at radius 1 is 1.41 bits per heavy atom. The number of aliphatic carboxylic acids is 1. The first-order chi connectivity index (χ1) is 7.78. The Hall–Kier alpha value is -1.19. The average molecular weight is 267 g/mol. The van der Waals surface area contributed by atoms with Crippen LogP contribution in [0.25, 0.3) is 0 Å². The molecule has 1 amide bonds. The Kier molecular flexibility index (Phi) is 6.69. The van der Waals surface area contributed by atoms with E-state index in [-0.39, 0.29) is 18.8 Å². The van der Waals surface area contributed by atoms with E-state index in [4.69, 9.17) is 10.8 Å². The molecule has 0 rings (SSSR count). The first-order valence-electron chi connectivity index (χ1n) is 5.01. The molecule has 8 nitrogen and oxygen atoms in total. The second kappa shape index (κ2) is 7.20. The van der Waals surface area contributed by atoms with Gasteiger partial charge in [0.1, 0.15) is 0 Å². The van der Waals surface area contributed by atoms with Gasteiger partial charge in [0, 0.05) is 13.1 Å². The monoisotopic (exact) mass is 267 g/mol. The van der Waals surface area contributed by atoms with Gasteiger partial charge in [0.25, 0.3) is 0 Å². The zero-order valence-corrected chi connectivity index (χ0v) is 10.3. The number of nitrogens with one attached hydrogen (secondary N) is 2. The van der Waals surface area contributed by atoms with Crippen LogP contribution in [0, 0.1) is 0 Å². The highest BCUT2D eigenvalue weighted by Gasteiger charge is 2.17. The summed E-state index contributed by atoms with van der Waals surface area (Å²) in [5.41, 5.74) is 5.27. The molecular weight excluding hydrogens is 250 g/mol. The first kappa shape index (κ1) is 15.8. The van der Waals surface area contributed by atoms with Gasteiger partial charge >= 0.3 is 5.97 Å². The molecule has 9 heteroatoms. The van der Waals surface area contributed by atoms with Crippen LogP contribution < -0.4 is 15.8 Å². The summed E-state index contributed by atoms with van der Waals surface area (Å²) in [6.45, 7) is 1.80. The van der Waals surface area contributed by atoms with E-state index in [1.165, 1.54) is 0 Å². The zero-order valence-electron chi connectivity index (χ0n) is 9.47. The minimum Gasteiger partial charge on any atom is -0.481 e. The SMILES string of the molecule is CCNS(=O)(=O)CCNC(=O)C(N)CC(=O)O. The van der Waals surface area contributed by atoms with Crippen molar-refractivity contribution in [3.63, 3.8) is 0 Å². The summed E-state index contributed by atoms with van der Waals surface area (Å²) < 4.78 is 24.6. The molecule has 17 heavy (non-hydrogen) atoms. The summed E-state index contributed by atoms with van der Waals surface area (Å²) in [6.07, 6.45) is -0.494. The van der Waals surface area contributed by atoms with Gasteiger partial charge in [-0.15, -0.1) is 0 Å². The summed E-state index contributed by atoms with van der Waals surface area (Å²) in [7, 11) is -3.40. The van der Waals surface area contributed by atoms with E-state index < -0.39 is 34.4 Å². The molecular formula is C8H17N3O5S. The standard InChI is InChI=1S/C8H17N3O5S/c1-2-11-17(15,16)4-3-10-8(14)6(9)5-7(12)13/h6,11H,2-5,9H2,1H3,(H,10,14)(H,12,13). The summed E-state index contributed by atoms with van der Waals surface area (Å²) in [6, 6.07) is -1.17. The van der Waals surface area contributed by atoms with E-state index in [1.807, 2.05) is 0 Å². The second-order valence-electron chi connectivity index (χ2n) is 3.31. The molecule has 0 radical (unpaired) electrons. The van der Waals surface area contributed by atoms with Gasteiger partial charge in [-0.3, -0.25) is 9.59 Å². The number of carboxylic acids is 1. The zero-order chi connectivity index (χ0) is 13.5. The topological polar surface area (TPSA) is 139 Å². The van der Waals surface area contributed by atoms with E-state index in [9.17, 15) is 18.0 Å². The van der Waals surface area contributed by atoms with E-state index in [0.717, 1.165) is 0 Å². The minimum absolute atomic E-state index is 0.110. The van der Waals surface area contributed by atoms with Gasteiger partial charge in [-0.2, -0.15) is 0 Å². The number of carbonyl (C=O) groups excluding carboxylic acids is 1. The van der Waals surface area contributed by atoms with E-state index in [0.29, 0.717) is 0 Å². The van der Waals surface area contributed by atoms with Crippen molar-refractivity contribution in [2.45, 2.75) is 19.4 Å². The van der Waals surface area contributed by atoms with E-state index >= 15 is 0 Å². The molecule has 0 aromatic carbocycles. The second-order valence-corrected chi connectivity index (χ2v) is 5.24. The summed E-state index contributed by atoms with van der Waals surface area (Å²) >= 11 is 0. The number of carboxylic acid groups (broad SMARTS) is 1. The third-order valence-electron chi connectivity index (χ3n) is 1.77. The molecule has 0 aliphatic rings. The van der Waals surface area contributed by atoms with Crippen LogP contribution >= 0.6 is 0 Å². The molecule has 5 N–H and O–H groups in total. The van der Waals surface area contributed by atoms with Gasteiger partial charge in [-0.25, -0.2) is 13.1 Å². The molecule has 0 bridgehead atoms. The van der Waals surface area contributed by atoms with Crippen LogP contribution in [0.2, 0.25) is 0 Å². The molecule has 1 atom stereocenters. The Morgan fingerprint density at radius 2 is 2.00 bits per heavy atom. The summed E-state index contributed by atoms with van der Waals surface area (Å²) in [5.74, 6) is -2.14. The highest BCUT2D eigenvalue weighted by Crippen LogP contribution is 1.88. The number of rotatable bonds is 8. The number of hydrogen-bond acceptors (Lipinski definition) is 5. The number of sulfonamides is 1. The Balaban J connectivity index is 3.97. The molecule has 1 unspecified atom stereocenters. The maximum absolute atomic E-state index is 11.2. The van der Waals surface area contributed by atoms with Gasteiger partial charge in [-0.05, 0) is 0 Å². The lowest BCUT2D eigenvalue weighted by Gasteiger charge is -2.10. The van der Waals surface area contributed by atoms with Gasteiger partial charge in [0.15, 0.2) is 0 Å². The molecule has 0 aliphatic heterocycles. The smallest absolute Gasteiger partial charge is 0.305 e. The lowest BCUT2D eigenvalue weighted by Crippen LogP contribution is -2.44. The highest BCUT2D eigenvalue weighted by molar-refractivity contribution is 7.89. The van der Waals surface area contributed by atoms with Crippen LogP contribution in [0.4, 0.5) is 0 Å². The molecule has 0 heterocycles. The van der Waals surface area contributed by atoms with Crippen LogP contribution in [0.15, 0.2) is 0 Å². The molecule has 0 fully saturated rings. The van der Waals surface area contributed by atoms with Crippen molar-refractivity contribution in [3.05, 3.63) is 0 Å². The van der Waals surface area contributed by atoms with Crippen LogP contribution in [-0.4, -0.2) is 50.3 Å². The maximum Gasteiger partial charge on any atom is 0.305 e. The average Bonchev–Trinajstić information content (AvgIpc) is 2.15. The third-order valence-corrected chi connectivity index (χ3v) is 3.24. The lowest BCUT2D eigenvalue weighted by atomic mass is 10.2. The Morgan fingerprint density at radius 3 is 2.47 bits per heavy atom. The molecule has 100 valence electrons. The van der Waals surface area contributed by atoms with Crippen LogP contribution in [0.5, 0.6) is 0 Å². The van der Waals surface area contributed by atoms with Gasteiger partial charge in [-0.1, -0.05) is 6.92 Å². The van der Waals surface area contributed by atoms with E-state index in [2.05, 4.69) is 10.0 Å². The van der Waals surface area contributed by atoms with Crippen molar-refractivity contribution in [2.24, 2.45) is 5.73 Å². The number of nitrogens with two attached hydrogens (primary N) is 1. The maximum atomic E-state index is 11.2. The van der Waals surface area contributed by atoms with Crippen molar-refractivity contribution in [2.75, 3.05) is 18.8 Å². The molecule has 0 spiro atoms. The predicted molar refractivity (Wildman–Crippen MR) is 60.7 cm³/mol. The van der Waals surface area contributed by atoms with Crippen molar-refractivity contribution >= 4 is 21.9 Å². The van der Waals surface area contributed by atoms with Crippen LogP contribution in [0.1, 0.15) is 13.3 Å². The minimum atomic E-state index is -3.40. The number of amides is 1. The van der Waals surface area contributed by atoms with Crippen LogP contribution in [-0.2, 0) is 19.6 Å². The summed E-state index contributed by atoms with van der Waals surface area (Å²) in [5, 5.41) is 10.6. The molecule has 0 saturated carbocycles. The van der Waals surface area contributed by atoms with Crippen molar-refractivity contribution < 1.29 is 23.1 Å². The van der Waals surface area contributed by atoms with Crippen molar-refractivity contribution in [1.29, 1.82) is 0 Å². The Bertz CT molecular complexity index is 367. The fourth-order valence-electron chi connectivity index (χ4n) is 1.01. The Labute approximate surface area is 99.6 Å². The number of hydrogen-bond donors (Lipinski definition) is 4. The third kappa shape index (κ3) is 7.66. The first-order valence-corrected chi connectivity index (χ1v) is 6.66. The molecule has 0 aliphatic carbocycles. The predicted octanol–water partition coefficient (Wildman–Crippen LogP) is -2.16. The van der Waals surface area contributed by atoms with Crippen molar-refractivity contribution in [1.82, 2.24) is 10.0 Å². The van der Waals surface area contributed by atoms with Crippen molar-refractivity contribution in [3.8, 4) is 0 Å². The quantitative estimate of drug-likeness (QED) is 0.395. The fourth-order valence-corrected chi connectivity index (χ4v) is 1.97. The lowest BCUT2D eigenvalue weighted by molar-refractivity contribution is -0.139. The van der Waals surface area contributed by atoms with E-state index in [1.54, 1.807) is 6.92 Å². The normalized spacial score (nSPS) is 13.1. The number of carbonyl (C=O) groups is 2. The summed E-state index contributed by atoms with van der Waals surface area (Å²) in [4.78, 5) is 21.5. The fraction of sp³-hybridized carbons (Fsp3) is 0.750. The van der Waals surface area contributed by atoms with Gasteiger partial charge < -0.3 is 16.2 Å². The largest absolute Gasteiger partial charge is 0.481 e.